The summed E-state index contributed by atoms with van der Waals surface area (Å²) < 4.78 is 45.5. The van der Waals surface area contributed by atoms with Crippen LogP contribution >= 0.6 is 11.6 Å². The molecule has 1 atom stereocenters. The van der Waals surface area contributed by atoms with Crippen molar-refractivity contribution in [1.82, 2.24) is 20.1 Å². The molecule has 0 unspecified atom stereocenters. The molecule has 3 aromatic rings. The number of aromatic nitrogens is 3. The fraction of sp³-hybridized carbons (Fsp3) is 0.417. The fourth-order valence-electron chi connectivity index (χ4n) is 4.15. The van der Waals surface area contributed by atoms with E-state index in [1.165, 1.54) is 6.07 Å². The molecule has 4 rings (SSSR count). The Kier molecular flexibility index (Phi) is 6.72. The maximum absolute atomic E-state index is 14.5. The van der Waals surface area contributed by atoms with E-state index in [4.69, 9.17) is 11.6 Å². The summed E-state index contributed by atoms with van der Waals surface area (Å²) in [7, 11) is -4.00. The highest BCUT2D eigenvalue weighted by Gasteiger charge is 2.27. The molecule has 0 bridgehead atoms. The Morgan fingerprint density at radius 3 is 2.50 bits per heavy atom. The first-order chi connectivity index (χ1) is 16.0. The normalized spacial score (nSPS) is 16.7. The van der Waals surface area contributed by atoms with Crippen LogP contribution in [0.4, 0.5) is 10.1 Å². The zero-order valence-corrected chi connectivity index (χ0v) is 21.3. The van der Waals surface area contributed by atoms with Crippen LogP contribution in [0.1, 0.15) is 51.5 Å². The topological polar surface area (TPSA) is 88.9 Å². The van der Waals surface area contributed by atoms with Crippen LogP contribution in [0.2, 0.25) is 5.02 Å². The van der Waals surface area contributed by atoms with Gasteiger partial charge in [0.15, 0.2) is 5.82 Å². The van der Waals surface area contributed by atoms with E-state index < -0.39 is 15.8 Å². The van der Waals surface area contributed by atoms with E-state index in [-0.39, 0.29) is 27.1 Å². The van der Waals surface area contributed by atoms with Gasteiger partial charge in [-0.1, -0.05) is 51.4 Å². The molecule has 7 nitrogen and oxygen atoms in total. The molecule has 2 heterocycles. The maximum atomic E-state index is 14.5. The van der Waals surface area contributed by atoms with Crippen molar-refractivity contribution >= 4 is 27.3 Å². The Morgan fingerprint density at radius 1 is 1.21 bits per heavy atom. The highest BCUT2D eigenvalue weighted by Crippen LogP contribution is 2.36. The Morgan fingerprint density at radius 2 is 1.91 bits per heavy atom. The number of aryl methyl sites for hydroxylation is 1. The lowest BCUT2D eigenvalue weighted by atomic mass is 9.87. The SMILES string of the molecule is CCc1nnc(-c2cc(Cl)c(F)cc2NS(=O)(=O)c2ccc(C(C)(C)C)cc2)n1[C@H]1CCNC1. The molecular formula is C24H29ClFN5O2S. The number of hydrogen-bond donors (Lipinski definition) is 2. The smallest absolute Gasteiger partial charge is 0.261 e. The van der Waals surface area contributed by atoms with Gasteiger partial charge in [-0.25, -0.2) is 12.8 Å². The molecular weight excluding hydrogens is 477 g/mol. The Labute approximate surface area is 204 Å². The van der Waals surface area contributed by atoms with Crippen molar-refractivity contribution in [3.8, 4) is 11.4 Å². The molecule has 1 aromatic heterocycles. The minimum atomic E-state index is -4.00. The third kappa shape index (κ3) is 4.82. The highest BCUT2D eigenvalue weighted by atomic mass is 35.5. The average molecular weight is 506 g/mol. The van der Waals surface area contributed by atoms with Crippen LogP contribution in [0, 0.1) is 5.82 Å². The van der Waals surface area contributed by atoms with E-state index in [9.17, 15) is 12.8 Å². The summed E-state index contributed by atoms with van der Waals surface area (Å²) in [5, 5.41) is 11.9. The van der Waals surface area contributed by atoms with Crippen molar-refractivity contribution < 1.29 is 12.8 Å². The number of rotatable bonds is 6. The molecule has 0 spiro atoms. The highest BCUT2D eigenvalue weighted by molar-refractivity contribution is 7.92. The zero-order valence-electron chi connectivity index (χ0n) is 19.7. The monoisotopic (exact) mass is 505 g/mol. The molecule has 1 saturated heterocycles. The number of hydrogen-bond acceptors (Lipinski definition) is 5. The van der Waals surface area contributed by atoms with Gasteiger partial charge in [-0.05, 0) is 42.1 Å². The van der Waals surface area contributed by atoms with Crippen molar-refractivity contribution in [2.24, 2.45) is 0 Å². The average Bonchev–Trinajstić information content (AvgIpc) is 3.44. The molecule has 1 aliphatic heterocycles. The Balaban J connectivity index is 1.78. The third-order valence-corrected chi connectivity index (χ3v) is 7.73. The standard InChI is InChI=1S/C24H29ClFN5O2S/c1-5-22-28-29-23(31(22)16-10-11-27-14-16)18-12-19(25)20(26)13-21(18)30-34(32,33)17-8-6-15(7-9-17)24(2,3)4/h6-9,12-13,16,27,30H,5,10-11,14H2,1-4H3/t16-/m0/s1. The summed E-state index contributed by atoms with van der Waals surface area (Å²) in [6.07, 6.45) is 1.54. The van der Waals surface area contributed by atoms with Crippen molar-refractivity contribution in [2.45, 2.75) is 56.9 Å². The summed E-state index contributed by atoms with van der Waals surface area (Å²) in [6.45, 7) is 9.75. The summed E-state index contributed by atoms with van der Waals surface area (Å²) >= 11 is 6.11. The second-order valence-electron chi connectivity index (χ2n) is 9.50. The minimum absolute atomic E-state index is 0.0593. The van der Waals surface area contributed by atoms with Crippen LogP contribution < -0.4 is 10.0 Å². The predicted octanol–water partition coefficient (Wildman–Crippen LogP) is 4.93. The quantitative estimate of drug-likeness (QED) is 0.495. The molecule has 1 fully saturated rings. The number of anilines is 1. The molecule has 34 heavy (non-hydrogen) atoms. The first-order valence-corrected chi connectivity index (χ1v) is 13.1. The lowest BCUT2D eigenvalue weighted by Gasteiger charge is -2.20. The van der Waals surface area contributed by atoms with Gasteiger partial charge >= 0.3 is 0 Å². The van der Waals surface area contributed by atoms with Crippen molar-refractivity contribution in [1.29, 1.82) is 0 Å². The van der Waals surface area contributed by atoms with E-state index in [1.54, 1.807) is 24.3 Å². The molecule has 0 amide bonds. The van der Waals surface area contributed by atoms with Gasteiger partial charge in [0.1, 0.15) is 11.6 Å². The lowest BCUT2D eigenvalue weighted by molar-refractivity contribution is 0.529. The van der Waals surface area contributed by atoms with Crippen molar-refractivity contribution in [2.75, 3.05) is 17.8 Å². The van der Waals surface area contributed by atoms with Gasteiger partial charge in [0.05, 0.1) is 21.6 Å². The lowest BCUT2D eigenvalue weighted by Crippen LogP contribution is -2.18. The fourth-order valence-corrected chi connectivity index (χ4v) is 5.38. The van der Waals surface area contributed by atoms with Crippen LogP contribution in [-0.4, -0.2) is 36.3 Å². The number of benzene rings is 2. The Hall–Kier alpha value is -2.49. The van der Waals surface area contributed by atoms with E-state index in [0.29, 0.717) is 17.8 Å². The molecule has 1 aliphatic rings. The summed E-state index contributed by atoms with van der Waals surface area (Å²) in [5.74, 6) is 0.500. The van der Waals surface area contributed by atoms with Gasteiger partial charge in [0.2, 0.25) is 0 Å². The van der Waals surface area contributed by atoms with Gasteiger partial charge in [-0.15, -0.1) is 10.2 Å². The van der Waals surface area contributed by atoms with E-state index in [2.05, 4.69) is 41.0 Å². The number of sulfonamides is 1. The zero-order chi connectivity index (χ0) is 24.7. The molecule has 0 saturated carbocycles. The Bertz CT molecular complexity index is 1290. The number of nitrogens with zero attached hydrogens (tertiary/aromatic N) is 3. The van der Waals surface area contributed by atoms with Gasteiger partial charge < -0.3 is 9.88 Å². The van der Waals surface area contributed by atoms with Crippen LogP contribution in [0.15, 0.2) is 41.3 Å². The number of nitrogens with one attached hydrogen (secondary N) is 2. The van der Waals surface area contributed by atoms with Crippen LogP contribution in [0.3, 0.4) is 0 Å². The van der Waals surface area contributed by atoms with Crippen LogP contribution in [0.5, 0.6) is 0 Å². The second-order valence-corrected chi connectivity index (χ2v) is 11.6. The molecule has 2 aromatic carbocycles. The van der Waals surface area contributed by atoms with Crippen LogP contribution in [-0.2, 0) is 21.9 Å². The van der Waals surface area contributed by atoms with Gasteiger partial charge in [0.25, 0.3) is 10.0 Å². The van der Waals surface area contributed by atoms with Gasteiger partial charge in [0, 0.05) is 24.6 Å². The largest absolute Gasteiger partial charge is 0.315 e. The predicted molar refractivity (Wildman–Crippen MR) is 132 cm³/mol. The second kappa shape index (κ2) is 9.28. The van der Waals surface area contributed by atoms with Gasteiger partial charge in [-0.3, -0.25) is 4.72 Å². The molecule has 0 radical (unpaired) electrons. The minimum Gasteiger partial charge on any atom is -0.315 e. The molecule has 0 aliphatic carbocycles. The molecule has 2 N–H and O–H groups in total. The van der Waals surface area contributed by atoms with Crippen molar-refractivity contribution in [3.05, 3.63) is 58.6 Å². The maximum Gasteiger partial charge on any atom is 0.261 e. The van der Waals surface area contributed by atoms with E-state index >= 15 is 0 Å². The third-order valence-electron chi connectivity index (χ3n) is 6.06. The van der Waals surface area contributed by atoms with Crippen LogP contribution in [0.25, 0.3) is 11.4 Å². The first kappa shape index (κ1) is 24.6. The summed E-state index contributed by atoms with van der Waals surface area (Å²) in [6, 6.07) is 9.28. The molecule has 182 valence electrons. The van der Waals surface area contributed by atoms with Gasteiger partial charge in [-0.2, -0.15) is 0 Å². The molecule has 10 heteroatoms. The van der Waals surface area contributed by atoms with E-state index in [1.807, 2.05) is 11.5 Å². The van der Waals surface area contributed by atoms with E-state index in [0.717, 1.165) is 37.0 Å². The van der Waals surface area contributed by atoms with Crippen molar-refractivity contribution in [3.63, 3.8) is 0 Å². The number of halogens is 2. The summed E-state index contributed by atoms with van der Waals surface area (Å²) in [4.78, 5) is 0.0810. The first-order valence-electron chi connectivity index (χ1n) is 11.3. The summed E-state index contributed by atoms with van der Waals surface area (Å²) in [5.41, 5.74) is 1.33.